The topological polar surface area (TPSA) is 40.9 Å². The molecule has 1 fully saturated rings. The normalized spacial score (nSPS) is 16.9. The van der Waals surface area contributed by atoms with E-state index in [0.717, 1.165) is 32.1 Å². The summed E-state index contributed by atoms with van der Waals surface area (Å²) < 4.78 is 38.9. The Morgan fingerprint density at radius 1 is 1.12 bits per heavy atom. The van der Waals surface area contributed by atoms with Crippen molar-refractivity contribution in [3.05, 3.63) is 46.4 Å². The molecule has 1 aromatic carbocycles. The number of rotatable bonds is 6. The van der Waals surface area contributed by atoms with Crippen LogP contribution in [0.15, 0.2) is 40.8 Å². The SMILES string of the molecule is N#C/C(=C(\CCC(=O)c1ccccc1)SC(F)(F)F)C1CCCCC1. The summed E-state index contributed by atoms with van der Waals surface area (Å²) in [6.45, 7) is 0. The Hall–Kier alpha value is -1.74. The van der Waals surface area contributed by atoms with Crippen molar-refractivity contribution in [2.75, 3.05) is 0 Å². The van der Waals surface area contributed by atoms with Gasteiger partial charge in [0.15, 0.2) is 5.78 Å². The lowest BCUT2D eigenvalue weighted by Gasteiger charge is -2.23. The Bertz CT molecular complexity index is 655. The Morgan fingerprint density at radius 2 is 1.76 bits per heavy atom. The lowest BCUT2D eigenvalue weighted by Crippen LogP contribution is -2.12. The number of alkyl halides is 3. The van der Waals surface area contributed by atoms with Gasteiger partial charge >= 0.3 is 5.51 Å². The number of carbonyl (C=O) groups excluding carboxylic acids is 1. The van der Waals surface area contributed by atoms with Crippen molar-refractivity contribution in [1.82, 2.24) is 0 Å². The summed E-state index contributed by atoms with van der Waals surface area (Å²) in [5, 5.41) is 9.45. The zero-order valence-electron chi connectivity index (χ0n) is 13.8. The standard InChI is InChI=1S/C19H20F3NOS/c20-19(21,22)25-18(16(13-23)14-7-3-1-4-8-14)12-11-17(24)15-9-5-2-6-10-15/h2,5-6,9-10,14H,1,3-4,7-8,11-12H2/b18-16-. The number of hydrogen-bond acceptors (Lipinski definition) is 3. The third-order valence-corrected chi connectivity index (χ3v) is 5.25. The molecule has 1 aromatic rings. The van der Waals surface area contributed by atoms with Gasteiger partial charge in [0.2, 0.25) is 0 Å². The molecule has 0 unspecified atom stereocenters. The average molecular weight is 367 g/mol. The van der Waals surface area contributed by atoms with Gasteiger partial charge in [-0.05, 0) is 36.9 Å². The van der Waals surface area contributed by atoms with Gasteiger partial charge in [-0.25, -0.2) is 0 Å². The fraction of sp³-hybridized carbons (Fsp3) is 0.474. The molecule has 0 spiro atoms. The molecule has 0 amide bonds. The number of benzene rings is 1. The van der Waals surface area contributed by atoms with Gasteiger partial charge in [-0.2, -0.15) is 18.4 Å². The Labute approximate surface area is 150 Å². The Balaban J connectivity index is 2.18. The molecule has 1 saturated carbocycles. The summed E-state index contributed by atoms with van der Waals surface area (Å²) in [5.74, 6) is -0.322. The zero-order valence-corrected chi connectivity index (χ0v) is 14.6. The van der Waals surface area contributed by atoms with Crippen molar-refractivity contribution in [2.24, 2.45) is 5.92 Å². The molecule has 1 aliphatic carbocycles. The number of hydrogen-bond donors (Lipinski definition) is 0. The van der Waals surface area contributed by atoms with E-state index in [1.807, 2.05) is 6.07 Å². The quantitative estimate of drug-likeness (QED) is 0.440. The van der Waals surface area contributed by atoms with E-state index >= 15 is 0 Å². The minimum absolute atomic E-state index is 0.00572. The molecular weight excluding hydrogens is 347 g/mol. The van der Waals surface area contributed by atoms with Crippen LogP contribution < -0.4 is 0 Å². The average Bonchev–Trinajstić information content (AvgIpc) is 2.60. The van der Waals surface area contributed by atoms with Crippen LogP contribution in [0.1, 0.15) is 55.3 Å². The number of halogens is 3. The largest absolute Gasteiger partial charge is 0.446 e. The number of Topliss-reactive ketones (excluding diaryl/α,β-unsaturated/α-hetero) is 1. The number of thioether (sulfide) groups is 1. The number of nitrogens with zero attached hydrogens (tertiary/aromatic N) is 1. The van der Waals surface area contributed by atoms with E-state index in [9.17, 15) is 23.2 Å². The lowest BCUT2D eigenvalue weighted by atomic mass is 9.83. The highest BCUT2D eigenvalue weighted by Gasteiger charge is 2.33. The second-order valence-electron chi connectivity index (χ2n) is 6.12. The zero-order chi connectivity index (χ0) is 18.3. The molecule has 25 heavy (non-hydrogen) atoms. The summed E-state index contributed by atoms with van der Waals surface area (Å²) in [4.78, 5) is 12.2. The number of nitriles is 1. The van der Waals surface area contributed by atoms with Gasteiger partial charge < -0.3 is 0 Å². The smallest absolute Gasteiger partial charge is 0.294 e. The molecular formula is C19H20F3NOS. The molecule has 0 N–H and O–H groups in total. The van der Waals surface area contributed by atoms with Gasteiger partial charge in [0.25, 0.3) is 0 Å². The van der Waals surface area contributed by atoms with Crippen molar-refractivity contribution < 1.29 is 18.0 Å². The van der Waals surface area contributed by atoms with Gasteiger partial charge in [0.1, 0.15) is 0 Å². The molecule has 0 bridgehead atoms. The lowest BCUT2D eigenvalue weighted by molar-refractivity contribution is -0.0323. The first kappa shape index (κ1) is 19.6. The number of carbonyl (C=O) groups is 1. The molecule has 0 aliphatic heterocycles. The number of allylic oxidation sites excluding steroid dienone is 2. The molecule has 0 saturated heterocycles. The van der Waals surface area contributed by atoms with Gasteiger partial charge in [0, 0.05) is 22.5 Å². The van der Waals surface area contributed by atoms with Crippen LogP contribution in [-0.2, 0) is 0 Å². The van der Waals surface area contributed by atoms with Gasteiger partial charge in [0.05, 0.1) is 6.07 Å². The summed E-state index contributed by atoms with van der Waals surface area (Å²) in [6, 6.07) is 10.5. The second-order valence-corrected chi connectivity index (χ2v) is 7.28. The van der Waals surface area contributed by atoms with Crippen LogP contribution in [0.5, 0.6) is 0 Å². The van der Waals surface area contributed by atoms with Crippen LogP contribution >= 0.6 is 11.8 Å². The van der Waals surface area contributed by atoms with E-state index in [0.29, 0.717) is 5.56 Å². The molecule has 1 aliphatic rings. The molecule has 6 heteroatoms. The highest BCUT2D eigenvalue weighted by Crippen LogP contribution is 2.43. The summed E-state index contributed by atoms with van der Waals surface area (Å²) in [6.07, 6.45) is 4.35. The van der Waals surface area contributed by atoms with Gasteiger partial charge in [-0.15, -0.1) is 0 Å². The fourth-order valence-corrected chi connectivity index (χ4v) is 3.95. The van der Waals surface area contributed by atoms with Gasteiger partial charge in [-0.3, -0.25) is 4.79 Å². The molecule has 2 rings (SSSR count). The highest BCUT2D eigenvalue weighted by molar-refractivity contribution is 8.03. The number of ketones is 1. The van der Waals surface area contributed by atoms with Crippen molar-refractivity contribution in [1.29, 1.82) is 5.26 Å². The van der Waals surface area contributed by atoms with E-state index < -0.39 is 5.51 Å². The van der Waals surface area contributed by atoms with E-state index in [1.54, 1.807) is 30.3 Å². The van der Waals surface area contributed by atoms with Crippen LogP contribution in [-0.4, -0.2) is 11.3 Å². The summed E-state index contributed by atoms with van der Waals surface area (Å²) >= 11 is -0.230. The van der Waals surface area contributed by atoms with Crippen LogP contribution in [0.4, 0.5) is 13.2 Å². The van der Waals surface area contributed by atoms with Crippen molar-refractivity contribution >= 4 is 17.5 Å². The first-order valence-electron chi connectivity index (χ1n) is 8.38. The van der Waals surface area contributed by atoms with Crippen LogP contribution in [0.25, 0.3) is 0 Å². The molecule has 0 atom stereocenters. The van der Waals surface area contributed by atoms with Crippen molar-refractivity contribution in [2.45, 2.75) is 50.5 Å². The van der Waals surface area contributed by atoms with Crippen molar-refractivity contribution in [3.8, 4) is 6.07 Å². The van der Waals surface area contributed by atoms with Crippen molar-refractivity contribution in [3.63, 3.8) is 0 Å². The minimum atomic E-state index is -4.46. The Morgan fingerprint density at radius 3 is 2.32 bits per heavy atom. The maximum Gasteiger partial charge on any atom is 0.446 e. The second kappa shape index (κ2) is 9.10. The van der Waals surface area contributed by atoms with E-state index in [4.69, 9.17) is 0 Å². The maximum absolute atomic E-state index is 13.0. The predicted molar refractivity (Wildman–Crippen MR) is 92.9 cm³/mol. The van der Waals surface area contributed by atoms with Crippen LogP contribution in [0.2, 0.25) is 0 Å². The maximum atomic E-state index is 13.0. The molecule has 134 valence electrons. The van der Waals surface area contributed by atoms with Crippen LogP contribution in [0, 0.1) is 17.2 Å². The molecule has 0 radical (unpaired) electrons. The van der Waals surface area contributed by atoms with E-state index in [2.05, 4.69) is 0 Å². The minimum Gasteiger partial charge on any atom is -0.294 e. The third-order valence-electron chi connectivity index (χ3n) is 4.35. The molecule has 0 heterocycles. The highest BCUT2D eigenvalue weighted by atomic mass is 32.2. The first-order valence-corrected chi connectivity index (χ1v) is 9.19. The fourth-order valence-electron chi connectivity index (χ4n) is 3.15. The first-order chi connectivity index (χ1) is 11.9. The third kappa shape index (κ3) is 6.24. The van der Waals surface area contributed by atoms with E-state index in [1.165, 1.54) is 0 Å². The predicted octanol–water partition coefficient (Wildman–Crippen LogP) is 6.26. The molecule has 2 nitrogen and oxygen atoms in total. The monoisotopic (exact) mass is 367 g/mol. The summed E-state index contributed by atoms with van der Waals surface area (Å²) in [5.41, 5.74) is -3.75. The molecule has 0 aromatic heterocycles. The van der Waals surface area contributed by atoms with Crippen LogP contribution in [0.3, 0.4) is 0 Å². The Kier molecular flexibility index (Phi) is 7.12. The summed E-state index contributed by atoms with van der Waals surface area (Å²) in [7, 11) is 0. The van der Waals surface area contributed by atoms with Gasteiger partial charge in [-0.1, -0.05) is 49.6 Å². The van der Waals surface area contributed by atoms with E-state index in [-0.39, 0.29) is 46.8 Å².